The lowest BCUT2D eigenvalue weighted by Gasteiger charge is -2.29. The molecule has 0 aromatic carbocycles. The molecule has 4 N–H and O–H groups in total. The summed E-state index contributed by atoms with van der Waals surface area (Å²) >= 11 is 0. The standard InChI is InChI=1S/C12H19N5O2/c18-8-7-16-3-5-17(6-4-16)10-15-12(19)11-9-13-1-2-14-11/h1-2,9,18H,3-8,10H2,(H,15,19)/p+2. The van der Waals surface area contributed by atoms with Crippen molar-refractivity contribution in [2.24, 2.45) is 0 Å². The van der Waals surface area contributed by atoms with Crippen LogP contribution in [0.3, 0.4) is 0 Å². The van der Waals surface area contributed by atoms with Gasteiger partial charge in [0.25, 0.3) is 5.91 Å². The zero-order valence-electron chi connectivity index (χ0n) is 10.9. The molecule has 2 rings (SSSR count). The van der Waals surface area contributed by atoms with Crippen molar-refractivity contribution in [1.82, 2.24) is 15.3 Å². The molecule has 0 aliphatic carbocycles. The molecule has 1 amide bonds. The summed E-state index contributed by atoms with van der Waals surface area (Å²) in [5.74, 6) is -0.175. The van der Waals surface area contributed by atoms with Crippen LogP contribution >= 0.6 is 0 Å². The Bertz CT molecular complexity index is 392. The van der Waals surface area contributed by atoms with Crippen molar-refractivity contribution in [2.75, 3.05) is 46.0 Å². The maximum atomic E-state index is 11.8. The lowest BCUT2D eigenvalue weighted by Crippen LogP contribution is -3.28. The molecule has 1 aliphatic rings. The molecule has 0 unspecified atom stereocenters. The number of piperazine rings is 1. The molecule has 7 heteroatoms. The molecule has 1 aromatic heterocycles. The van der Waals surface area contributed by atoms with E-state index in [1.807, 2.05) is 0 Å². The Morgan fingerprint density at radius 3 is 2.63 bits per heavy atom. The van der Waals surface area contributed by atoms with Gasteiger partial charge in [0.2, 0.25) is 0 Å². The van der Waals surface area contributed by atoms with Crippen LogP contribution < -0.4 is 15.1 Å². The molecule has 0 spiro atoms. The molecule has 1 saturated heterocycles. The average Bonchev–Trinajstić information content (AvgIpc) is 2.47. The first-order chi connectivity index (χ1) is 9.29. The van der Waals surface area contributed by atoms with E-state index in [1.54, 1.807) is 6.20 Å². The second-order valence-corrected chi connectivity index (χ2v) is 4.75. The third kappa shape index (κ3) is 4.23. The van der Waals surface area contributed by atoms with E-state index in [2.05, 4.69) is 15.3 Å². The highest BCUT2D eigenvalue weighted by Crippen LogP contribution is 1.87. The highest BCUT2D eigenvalue weighted by molar-refractivity contribution is 5.91. The van der Waals surface area contributed by atoms with Gasteiger partial charge in [0.1, 0.15) is 38.4 Å². The molecule has 19 heavy (non-hydrogen) atoms. The normalized spacial score (nSPS) is 23.0. The lowest BCUT2D eigenvalue weighted by atomic mass is 10.3. The van der Waals surface area contributed by atoms with E-state index in [-0.39, 0.29) is 12.5 Å². The van der Waals surface area contributed by atoms with Gasteiger partial charge in [-0.3, -0.25) is 9.78 Å². The highest BCUT2D eigenvalue weighted by Gasteiger charge is 2.22. The topological polar surface area (TPSA) is 84.0 Å². The largest absolute Gasteiger partial charge is 0.391 e. The number of aliphatic hydroxyl groups is 1. The number of quaternary nitrogens is 2. The quantitative estimate of drug-likeness (QED) is 0.437. The fraction of sp³-hybridized carbons (Fsp3) is 0.583. The summed E-state index contributed by atoms with van der Waals surface area (Å²) < 4.78 is 0. The lowest BCUT2D eigenvalue weighted by molar-refractivity contribution is -1.01. The van der Waals surface area contributed by atoms with Crippen molar-refractivity contribution in [3.05, 3.63) is 24.3 Å². The first-order valence-electron chi connectivity index (χ1n) is 6.62. The van der Waals surface area contributed by atoms with Gasteiger partial charge in [-0.1, -0.05) is 0 Å². The highest BCUT2D eigenvalue weighted by atomic mass is 16.3. The number of hydrogen-bond acceptors (Lipinski definition) is 4. The van der Waals surface area contributed by atoms with Gasteiger partial charge in [-0.05, 0) is 0 Å². The van der Waals surface area contributed by atoms with Crippen molar-refractivity contribution >= 4 is 5.91 Å². The molecule has 0 atom stereocenters. The number of carbonyl (C=O) groups is 1. The number of aliphatic hydroxyl groups excluding tert-OH is 1. The summed E-state index contributed by atoms with van der Waals surface area (Å²) in [4.78, 5) is 22.4. The molecule has 104 valence electrons. The molecule has 1 aliphatic heterocycles. The minimum absolute atomic E-state index is 0.175. The van der Waals surface area contributed by atoms with E-state index in [0.29, 0.717) is 12.4 Å². The van der Waals surface area contributed by atoms with Crippen molar-refractivity contribution in [3.63, 3.8) is 0 Å². The minimum atomic E-state index is -0.175. The Morgan fingerprint density at radius 1 is 1.26 bits per heavy atom. The van der Waals surface area contributed by atoms with Crippen LogP contribution in [0.4, 0.5) is 0 Å². The zero-order chi connectivity index (χ0) is 13.5. The first kappa shape index (κ1) is 13.9. The van der Waals surface area contributed by atoms with Gasteiger partial charge >= 0.3 is 0 Å². The maximum absolute atomic E-state index is 11.8. The predicted octanol–water partition coefficient (Wildman–Crippen LogP) is -4.06. The maximum Gasteiger partial charge on any atom is 0.275 e. The molecule has 0 radical (unpaired) electrons. The summed E-state index contributed by atoms with van der Waals surface area (Å²) in [6.07, 6.45) is 4.53. The Morgan fingerprint density at radius 2 is 2.00 bits per heavy atom. The van der Waals surface area contributed by atoms with Crippen LogP contribution in [0.15, 0.2) is 18.6 Å². The van der Waals surface area contributed by atoms with E-state index in [0.717, 1.165) is 32.7 Å². The number of carbonyl (C=O) groups excluding carboxylic acids is 1. The van der Waals surface area contributed by atoms with E-state index < -0.39 is 0 Å². The predicted molar refractivity (Wildman–Crippen MR) is 67.7 cm³/mol. The van der Waals surface area contributed by atoms with Crippen LogP contribution in [0.2, 0.25) is 0 Å². The van der Waals surface area contributed by atoms with E-state index in [1.165, 1.54) is 22.2 Å². The van der Waals surface area contributed by atoms with Crippen LogP contribution in [0.5, 0.6) is 0 Å². The second-order valence-electron chi connectivity index (χ2n) is 4.75. The van der Waals surface area contributed by atoms with Gasteiger partial charge in [-0.25, -0.2) is 4.98 Å². The monoisotopic (exact) mass is 267 g/mol. The molecule has 0 bridgehead atoms. The average molecular weight is 267 g/mol. The zero-order valence-corrected chi connectivity index (χ0v) is 10.9. The first-order valence-corrected chi connectivity index (χ1v) is 6.62. The van der Waals surface area contributed by atoms with Gasteiger partial charge < -0.3 is 20.2 Å². The third-order valence-electron chi connectivity index (χ3n) is 3.42. The molecule has 0 saturated carbocycles. The number of aromatic nitrogens is 2. The third-order valence-corrected chi connectivity index (χ3v) is 3.42. The summed E-state index contributed by atoms with van der Waals surface area (Å²) in [5.41, 5.74) is 0.353. The summed E-state index contributed by atoms with van der Waals surface area (Å²) in [6, 6.07) is 0. The van der Waals surface area contributed by atoms with Gasteiger partial charge in [-0.15, -0.1) is 0 Å². The van der Waals surface area contributed by atoms with Crippen LogP contribution in [-0.2, 0) is 0 Å². The van der Waals surface area contributed by atoms with E-state index >= 15 is 0 Å². The number of amides is 1. The molecule has 1 aromatic rings. The fourth-order valence-corrected chi connectivity index (χ4v) is 2.25. The summed E-state index contributed by atoms with van der Waals surface area (Å²) in [6.45, 7) is 5.77. The molecule has 1 fully saturated rings. The number of rotatable bonds is 5. The van der Waals surface area contributed by atoms with Crippen LogP contribution in [0, 0.1) is 0 Å². The molecule has 7 nitrogen and oxygen atoms in total. The smallest absolute Gasteiger partial charge is 0.275 e. The van der Waals surface area contributed by atoms with Crippen molar-refractivity contribution in [3.8, 4) is 0 Å². The van der Waals surface area contributed by atoms with Gasteiger partial charge in [-0.2, -0.15) is 0 Å². The van der Waals surface area contributed by atoms with Gasteiger partial charge in [0.05, 0.1) is 12.8 Å². The van der Waals surface area contributed by atoms with E-state index in [4.69, 9.17) is 5.11 Å². The molecule has 2 heterocycles. The number of nitrogens with one attached hydrogen (secondary N) is 3. The summed E-state index contributed by atoms with van der Waals surface area (Å²) in [5, 5.41) is 11.8. The Labute approximate surface area is 112 Å². The van der Waals surface area contributed by atoms with Crippen LogP contribution in [0.1, 0.15) is 10.5 Å². The van der Waals surface area contributed by atoms with Crippen LogP contribution in [-0.4, -0.2) is 67.0 Å². The Kier molecular flexibility index (Phi) is 5.20. The Balaban J connectivity index is 1.71. The summed E-state index contributed by atoms with van der Waals surface area (Å²) in [7, 11) is 0. The second kappa shape index (κ2) is 7.13. The van der Waals surface area contributed by atoms with Crippen molar-refractivity contribution in [1.29, 1.82) is 0 Å². The van der Waals surface area contributed by atoms with Gasteiger partial charge in [0, 0.05) is 12.4 Å². The molecular formula is C12H21N5O2+2. The molecular weight excluding hydrogens is 246 g/mol. The minimum Gasteiger partial charge on any atom is -0.391 e. The fourth-order valence-electron chi connectivity index (χ4n) is 2.25. The van der Waals surface area contributed by atoms with E-state index in [9.17, 15) is 4.79 Å². The SMILES string of the molecule is O=C(NC[NH+]1CC[NH+](CCO)CC1)c1cnccn1. The van der Waals surface area contributed by atoms with Crippen molar-refractivity contribution in [2.45, 2.75) is 0 Å². The van der Waals surface area contributed by atoms with Crippen LogP contribution in [0.25, 0.3) is 0 Å². The Hall–Kier alpha value is -1.57. The number of hydrogen-bond donors (Lipinski definition) is 4. The number of nitrogens with zero attached hydrogens (tertiary/aromatic N) is 2. The van der Waals surface area contributed by atoms with Gasteiger partial charge in [0.15, 0.2) is 6.67 Å². The van der Waals surface area contributed by atoms with Crippen molar-refractivity contribution < 1.29 is 19.7 Å².